The van der Waals surface area contributed by atoms with Crippen LogP contribution in [0.15, 0.2) is 72.3 Å². The maximum Gasteiger partial charge on any atom is 0.336 e. The number of carboxylic acid groups (broad SMARTS) is 1. The van der Waals surface area contributed by atoms with Crippen LogP contribution in [0.25, 0.3) is 11.1 Å². The molecule has 1 aliphatic carbocycles. The lowest BCUT2D eigenvalue weighted by atomic mass is 9.53. The second kappa shape index (κ2) is 10.1. The molecule has 2 bridgehead atoms. The molecule has 4 fully saturated rings. The summed E-state index contributed by atoms with van der Waals surface area (Å²) in [5, 5.41) is 20.2. The van der Waals surface area contributed by atoms with E-state index in [1.54, 1.807) is 12.5 Å². The Morgan fingerprint density at radius 3 is 2.78 bits per heavy atom. The number of carbonyl (C=O) groups excluding carboxylic acids is 1. The van der Waals surface area contributed by atoms with Crippen LogP contribution in [0, 0.1) is 34.7 Å². The molecular weight excluding hydrogens is 577 g/mol. The predicted octanol–water partition coefficient (Wildman–Crippen LogP) is 5.50. The van der Waals surface area contributed by atoms with Crippen molar-refractivity contribution in [3.05, 3.63) is 105 Å². The molecule has 3 saturated heterocycles. The highest BCUT2D eigenvalue weighted by atomic mass is 19.1. The SMILES string of the molecule is Cc1ccc(F)c(-c2c(C(=O)O)cccc2[N+](=O)[O-])c1.O=C1C[C@@H]2OCC=C3CN4CC[C@]56c7ccccc7N1[C@H]5[C@H]2[C@H]3C[C@H]46. The fourth-order valence-corrected chi connectivity index (χ4v) is 9.49. The highest BCUT2D eigenvalue weighted by Gasteiger charge is 2.70. The van der Waals surface area contributed by atoms with Gasteiger partial charge >= 0.3 is 5.97 Å². The molecule has 0 aromatic heterocycles. The molecule has 230 valence electrons. The molecule has 3 aromatic carbocycles. The van der Waals surface area contributed by atoms with Gasteiger partial charge in [0, 0.05) is 41.2 Å². The van der Waals surface area contributed by atoms with Crippen LogP contribution in [-0.4, -0.2) is 64.7 Å². The number of carboxylic acids is 1. The molecule has 5 aliphatic heterocycles. The van der Waals surface area contributed by atoms with E-state index in [9.17, 15) is 24.1 Å². The third-order valence-electron chi connectivity index (χ3n) is 11.1. The van der Waals surface area contributed by atoms with Crippen LogP contribution in [0.1, 0.15) is 40.7 Å². The number of benzene rings is 3. The molecule has 6 atom stereocenters. The molecule has 6 aliphatic rings. The van der Waals surface area contributed by atoms with Crippen LogP contribution >= 0.6 is 0 Å². The number of aromatic carboxylic acids is 1. The van der Waals surface area contributed by atoms with E-state index in [2.05, 4.69) is 40.1 Å². The number of halogens is 1. The van der Waals surface area contributed by atoms with Crippen molar-refractivity contribution >= 4 is 23.3 Å². The second-order valence-electron chi connectivity index (χ2n) is 13.0. The van der Waals surface area contributed by atoms with Crippen molar-refractivity contribution in [1.29, 1.82) is 0 Å². The summed E-state index contributed by atoms with van der Waals surface area (Å²) in [5.41, 5.74) is 3.99. The lowest BCUT2D eigenvalue weighted by Gasteiger charge is -2.58. The van der Waals surface area contributed by atoms with Gasteiger partial charge in [-0.3, -0.25) is 19.8 Å². The summed E-state index contributed by atoms with van der Waals surface area (Å²) in [5.74, 6) is -0.695. The maximum atomic E-state index is 13.9. The lowest BCUT2D eigenvalue weighted by molar-refractivity contribution is -0.384. The summed E-state index contributed by atoms with van der Waals surface area (Å²) in [6.07, 6.45) is 5.43. The topological polar surface area (TPSA) is 113 Å². The van der Waals surface area contributed by atoms with Gasteiger partial charge in [-0.1, -0.05) is 47.5 Å². The smallest absolute Gasteiger partial charge is 0.336 e. The number of nitro groups is 1. The summed E-state index contributed by atoms with van der Waals surface area (Å²) in [6.45, 7) is 4.66. The standard InChI is InChI=1S/C21H22N2O2.C14H10FNO4/c24-18-10-16-19-13-9-17-21(6-7-22(17)11-12(13)5-8-25-16)14-3-1-2-4-15(14)23(18)20(19)21;1-8-5-6-11(15)10(7-8)13-9(14(17)18)3-2-4-12(13)16(19)20/h1-5,13,16-17,19-20H,6-11H2;2-7H,1H3,(H,17,18)/t13-,16-,17-,19-,20-,21+;/m0./s1. The first-order chi connectivity index (χ1) is 21.7. The fourth-order valence-electron chi connectivity index (χ4n) is 9.49. The van der Waals surface area contributed by atoms with Gasteiger partial charge in [0.25, 0.3) is 5.69 Å². The van der Waals surface area contributed by atoms with E-state index in [1.807, 2.05) is 0 Å². The number of fused-ring (bicyclic) bond motifs is 2. The Hall–Kier alpha value is -4.41. The highest BCUT2D eigenvalue weighted by molar-refractivity contribution is 6.00. The zero-order chi connectivity index (χ0) is 31.2. The summed E-state index contributed by atoms with van der Waals surface area (Å²) in [7, 11) is 0. The Bertz CT molecular complexity index is 1790. The van der Waals surface area contributed by atoms with Gasteiger partial charge < -0.3 is 14.7 Å². The third-order valence-corrected chi connectivity index (χ3v) is 11.1. The Kier molecular flexibility index (Phi) is 6.27. The molecular formula is C35H32FN3O6. The average molecular weight is 610 g/mol. The molecule has 1 spiro atoms. The minimum atomic E-state index is -1.34. The molecule has 1 N–H and O–H groups in total. The number of aryl methyl sites for hydroxylation is 1. The number of piperidine rings is 2. The van der Waals surface area contributed by atoms with E-state index < -0.39 is 22.4 Å². The number of anilines is 1. The monoisotopic (exact) mass is 609 g/mol. The quantitative estimate of drug-likeness (QED) is 0.237. The molecule has 0 radical (unpaired) electrons. The van der Waals surface area contributed by atoms with Gasteiger partial charge in [-0.15, -0.1) is 0 Å². The van der Waals surface area contributed by atoms with Crippen LogP contribution < -0.4 is 4.90 Å². The number of hydrogen-bond donors (Lipinski definition) is 1. The van der Waals surface area contributed by atoms with Crippen molar-refractivity contribution in [2.75, 3.05) is 24.6 Å². The van der Waals surface area contributed by atoms with Crippen LogP contribution in [-0.2, 0) is 14.9 Å². The number of ether oxygens (including phenoxy) is 1. The molecule has 0 unspecified atom stereocenters. The van der Waals surface area contributed by atoms with E-state index in [0.29, 0.717) is 42.5 Å². The number of para-hydroxylation sites is 1. The van der Waals surface area contributed by atoms with Crippen molar-refractivity contribution in [2.45, 2.75) is 49.8 Å². The van der Waals surface area contributed by atoms with Gasteiger partial charge in [0.1, 0.15) is 5.82 Å². The van der Waals surface area contributed by atoms with Gasteiger partial charge in [-0.05, 0) is 62.1 Å². The predicted molar refractivity (Wildman–Crippen MR) is 164 cm³/mol. The van der Waals surface area contributed by atoms with Crippen LogP contribution in [0.2, 0.25) is 0 Å². The molecule has 9 rings (SSSR count). The number of nitro benzene ring substituents is 1. The van der Waals surface area contributed by atoms with Gasteiger partial charge in [-0.2, -0.15) is 0 Å². The van der Waals surface area contributed by atoms with E-state index >= 15 is 0 Å². The maximum absolute atomic E-state index is 13.9. The molecule has 9 nitrogen and oxygen atoms in total. The molecule has 5 heterocycles. The summed E-state index contributed by atoms with van der Waals surface area (Å²) in [4.78, 5) is 39.6. The minimum Gasteiger partial charge on any atom is -0.478 e. The first-order valence-electron chi connectivity index (χ1n) is 15.4. The summed E-state index contributed by atoms with van der Waals surface area (Å²) < 4.78 is 20.2. The van der Waals surface area contributed by atoms with E-state index in [-0.39, 0.29) is 34.1 Å². The Labute approximate surface area is 259 Å². The Balaban J connectivity index is 0.000000138. The zero-order valence-electron chi connectivity index (χ0n) is 24.7. The normalized spacial score (nSPS) is 30.1. The van der Waals surface area contributed by atoms with Crippen LogP contribution in [0.3, 0.4) is 0 Å². The number of nitrogens with zero attached hydrogens (tertiary/aromatic N) is 3. The molecule has 10 heteroatoms. The van der Waals surface area contributed by atoms with Crippen molar-refractivity contribution in [3.8, 4) is 11.1 Å². The Morgan fingerprint density at radius 2 is 1.98 bits per heavy atom. The van der Waals surface area contributed by atoms with Gasteiger partial charge in [0.2, 0.25) is 5.91 Å². The van der Waals surface area contributed by atoms with E-state index in [1.165, 1.54) is 54.9 Å². The lowest BCUT2D eigenvalue weighted by Crippen LogP contribution is -2.69. The number of hydrogen-bond acceptors (Lipinski definition) is 6. The number of amides is 1. The van der Waals surface area contributed by atoms with Crippen molar-refractivity contribution in [2.24, 2.45) is 11.8 Å². The molecule has 3 aromatic rings. The number of rotatable bonds is 3. The molecule has 45 heavy (non-hydrogen) atoms. The average Bonchev–Trinajstić information content (AvgIpc) is 3.50. The second-order valence-corrected chi connectivity index (χ2v) is 13.0. The van der Waals surface area contributed by atoms with Crippen molar-refractivity contribution in [3.63, 3.8) is 0 Å². The summed E-state index contributed by atoms with van der Waals surface area (Å²) in [6, 6.07) is 17.3. The van der Waals surface area contributed by atoms with Gasteiger partial charge in [0.15, 0.2) is 0 Å². The fraction of sp³-hybridized carbons (Fsp3) is 0.371. The van der Waals surface area contributed by atoms with E-state index in [0.717, 1.165) is 18.7 Å². The third kappa shape index (κ3) is 3.91. The van der Waals surface area contributed by atoms with Gasteiger partial charge in [0.05, 0.1) is 41.2 Å². The molecule has 1 saturated carbocycles. The van der Waals surface area contributed by atoms with Gasteiger partial charge in [-0.25, -0.2) is 9.18 Å². The highest BCUT2D eigenvalue weighted by Crippen LogP contribution is 2.65. The molecule has 1 amide bonds. The largest absolute Gasteiger partial charge is 0.478 e. The van der Waals surface area contributed by atoms with Crippen molar-refractivity contribution in [1.82, 2.24) is 4.90 Å². The Morgan fingerprint density at radius 1 is 1.16 bits per heavy atom. The van der Waals surface area contributed by atoms with E-state index in [4.69, 9.17) is 9.84 Å². The van der Waals surface area contributed by atoms with Crippen LogP contribution in [0.5, 0.6) is 0 Å². The van der Waals surface area contributed by atoms with Crippen LogP contribution in [0.4, 0.5) is 15.8 Å². The summed E-state index contributed by atoms with van der Waals surface area (Å²) >= 11 is 0. The first-order valence-corrected chi connectivity index (χ1v) is 15.4. The first kappa shape index (κ1) is 28.1. The van der Waals surface area contributed by atoms with Crippen molar-refractivity contribution < 1.29 is 28.7 Å². The number of carbonyl (C=O) groups is 2. The zero-order valence-corrected chi connectivity index (χ0v) is 24.7. The minimum absolute atomic E-state index is 0.0882.